The molecule has 2 aromatic carbocycles. The van der Waals surface area contributed by atoms with E-state index < -0.39 is 17.5 Å². The van der Waals surface area contributed by atoms with E-state index in [2.05, 4.69) is 34.9 Å². The van der Waals surface area contributed by atoms with Crippen LogP contribution < -0.4 is 10.6 Å². The molecule has 0 atom stereocenters. The molecule has 7 nitrogen and oxygen atoms in total. The number of carboxylic acid groups (broad SMARTS) is 1. The van der Waals surface area contributed by atoms with Crippen LogP contribution in [0, 0.1) is 10.8 Å². The third kappa shape index (κ3) is 5.84. The first-order valence-corrected chi connectivity index (χ1v) is 12.3. The Morgan fingerprint density at radius 2 is 1.60 bits per heavy atom. The van der Waals surface area contributed by atoms with Crippen LogP contribution in [0.4, 0.5) is 4.79 Å². The van der Waals surface area contributed by atoms with Gasteiger partial charge in [0.1, 0.15) is 6.61 Å². The average molecular weight is 479 g/mol. The van der Waals surface area contributed by atoms with Gasteiger partial charge in [-0.05, 0) is 45.9 Å². The van der Waals surface area contributed by atoms with Crippen molar-refractivity contribution < 1.29 is 24.2 Å². The van der Waals surface area contributed by atoms with E-state index in [9.17, 15) is 14.4 Å². The molecule has 0 radical (unpaired) electrons. The van der Waals surface area contributed by atoms with Crippen LogP contribution in [0.3, 0.4) is 0 Å². The number of rotatable bonds is 10. The molecule has 2 aliphatic carbocycles. The highest BCUT2D eigenvalue weighted by molar-refractivity contribution is 5.79. The van der Waals surface area contributed by atoms with Gasteiger partial charge >= 0.3 is 12.1 Å². The zero-order valence-corrected chi connectivity index (χ0v) is 20.4. The molecular formula is C28H34N2O5. The number of nitrogens with one attached hydrogen (secondary N) is 2. The number of amides is 2. The number of hydrogen-bond acceptors (Lipinski definition) is 4. The fourth-order valence-electron chi connectivity index (χ4n) is 5.21. The molecule has 1 saturated carbocycles. The topological polar surface area (TPSA) is 105 Å². The molecular weight excluding hydrogens is 444 g/mol. The van der Waals surface area contributed by atoms with Crippen LogP contribution in [-0.2, 0) is 14.3 Å². The summed E-state index contributed by atoms with van der Waals surface area (Å²) in [7, 11) is 0. The zero-order chi connectivity index (χ0) is 25.1. The number of benzene rings is 2. The number of carbonyl (C=O) groups excluding carboxylic acids is 2. The number of carbonyl (C=O) groups is 3. The summed E-state index contributed by atoms with van der Waals surface area (Å²) in [6.07, 6.45) is 2.57. The quantitative estimate of drug-likeness (QED) is 0.459. The number of aliphatic carboxylic acids is 1. The highest BCUT2D eigenvalue weighted by atomic mass is 16.5. The molecule has 3 N–H and O–H groups in total. The van der Waals surface area contributed by atoms with Gasteiger partial charge in [-0.15, -0.1) is 0 Å². The molecule has 0 spiro atoms. The van der Waals surface area contributed by atoms with Gasteiger partial charge in [0.05, 0.1) is 6.42 Å². The van der Waals surface area contributed by atoms with E-state index >= 15 is 0 Å². The predicted molar refractivity (Wildman–Crippen MR) is 133 cm³/mol. The second-order valence-electron chi connectivity index (χ2n) is 10.7. The van der Waals surface area contributed by atoms with E-state index in [0.717, 1.165) is 19.3 Å². The summed E-state index contributed by atoms with van der Waals surface area (Å²) in [5.41, 5.74) is 3.91. The van der Waals surface area contributed by atoms with Gasteiger partial charge in [-0.1, -0.05) is 68.8 Å². The van der Waals surface area contributed by atoms with Gasteiger partial charge in [0, 0.05) is 25.4 Å². The van der Waals surface area contributed by atoms with Crippen LogP contribution in [0.2, 0.25) is 0 Å². The minimum atomic E-state index is -0.882. The lowest BCUT2D eigenvalue weighted by Gasteiger charge is -2.41. The molecule has 35 heavy (non-hydrogen) atoms. The zero-order valence-electron chi connectivity index (χ0n) is 20.4. The summed E-state index contributed by atoms with van der Waals surface area (Å²) < 4.78 is 5.63. The summed E-state index contributed by atoms with van der Waals surface area (Å²) in [6, 6.07) is 16.4. The molecule has 0 bridgehead atoms. The first kappa shape index (κ1) is 24.8. The van der Waals surface area contributed by atoms with Gasteiger partial charge in [0.2, 0.25) is 5.91 Å². The standard InChI is InChI=1S/C28H34N2O5/c1-27(2,15-25(32)33)17-29-24(31)14-28(12-7-13-28)18-30-26(34)35-16-23-21-10-5-3-8-19(21)20-9-4-6-11-22(20)23/h3-6,8-11,23H,7,12-18H2,1-2H3,(H,29,31)(H,30,34)(H,32,33). The van der Waals surface area contributed by atoms with Crippen molar-refractivity contribution in [3.05, 3.63) is 59.7 Å². The molecule has 0 aromatic heterocycles. The third-order valence-corrected chi connectivity index (χ3v) is 7.30. The van der Waals surface area contributed by atoms with Gasteiger partial charge < -0.3 is 20.5 Å². The molecule has 2 aliphatic rings. The summed E-state index contributed by atoms with van der Waals surface area (Å²) >= 11 is 0. The van der Waals surface area contributed by atoms with Crippen LogP contribution in [-0.4, -0.2) is 42.8 Å². The van der Waals surface area contributed by atoms with Gasteiger partial charge in [-0.3, -0.25) is 9.59 Å². The monoisotopic (exact) mass is 478 g/mol. The molecule has 0 unspecified atom stereocenters. The van der Waals surface area contributed by atoms with Crippen molar-refractivity contribution >= 4 is 18.0 Å². The Balaban J connectivity index is 1.27. The van der Waals surface area contributed by atoms with Crippen LogP contribution in [0.1, 0.15) is 63.0 Å². The molecule has 1 fully saturated rings. The first-order valence-electron chi connectivity index (χ1n) is 12.3. The van der Waals surface area contributed by atoms with E-state index in [-0.39, 0.29) is 30.3 Å². The second-order valence-corrected chi connectivity index (χ2v) is 10.7. The smallest absolute Gasteiger partial charge is 0.407 e. The molecule has 2 aromatic rings. The molecule has 0 heterocycles. The van der Waals surface area contributed by atoms with Crippen molar-refractivity contribution in [3.8, 4) is 11.1 Å². The predicted octanol–water partition coefficient (Wildman–Crippen LogP) is 4.70. The fourth-order valence-corrected chi connectivity index (χ4v) is 5.21. The molecule has 7 heteroatoms. The third-order valence-electron chi connectivity index (χ3n) is 7.30. The van der Waals surface area contributed by atoms with Crippen molar-refractivity contribution in [2.75, 3.05) is 19.7 Å². The van der Waals surface area contributed by atoms with Crippen LogP contribution in [0.25, 0.3) is 11.1 Å². The van der Waals surface area contributed by atoms with Crippen molar-refractivity contribution in [2.24, 2.45) is 10.8 Å². The van der Waals surface area contributed by atoms with Crippen LogP contribution in [0.5, 0.6) is 0 Å². The van der Waals surface area contributed by atoms with E-state index in [1.165, 1.54) is 22.3 Å². The maximum atomic E-state index is 12.6. The summed E-state index contributed by atoms with van der Waals surface area (Å²) in [4.78, 5) is 36.1. The number of hydrogen-bond donors (Lipinski definition) is 3. The second kappa shape index (κ2) is 10.1. The number of alkyl carbamates (subject to hydrolysis) is 1. The highest BCUT2D eigenvalue weighted by Gasteiger charge is 2.39. The number of ether oxygens (including phenoxy) is 1. The Bertz CT molecular complexity index is 1060. The van der Waals surface area contributed by atoms with Gasteiger partial charge in [0.15, 0.2) is 0 Å². The Hall–Kier alpha value is -3.35. The minimum absolute atomic E-state index is 0.00532. The van der Waals surface area contributed by atoms with E-state index in [1.807, 2.05) is 38.1 Å². The largest absolute Gasteiger partial charge is 0.481 e. The fraction of sp³-hybridized carbons (Fsp3) is 0.464. The molecule has 186 valence electrons. The minimum Gasteiger partial charge on any atom is -0.481 e. The molecule has 4 rings (SSSR count). The maximum Gasteiger partial charge on any atom is 0.407 e. The Morgan fingerprint density at radius 1 is 1.00 bits per heavy atom. The molecule has 2 amide bonds. The van der Waals surface area contributed by atoms with Gasteiger partial charge in [-0.2, -0.15) is 0 Å². The maximum absolute atomic E-state index is 12.6. The molecule has 0 saturated heterocycles. The number of carboxylic acids is 1. The summed E-state index contributed by atoms with van der Waals surface area (Å²) in [5.74, 6) is -0.991. The average Bonchev–Trinajstić information content (AvgIpc) is 3.11. The Morgan fingerprint density at radius 3 is 2.14 bits per heavy atom. The normalized spacial score (nSPS) is 15.9. The van der Waals surface area contributed by atoms with Crippen molar-refractivity contribution in [2.45, 2.75) is 51.9 Å². The van der Waals surface area contributed by atoms with E-state index in [0.29, 0.717) is 19.5 Å². The Kier molecular flexibility index (Phi) is 7.15. The summed E-state index contributed by atoms with van der Waals surface area (Å²) in [6.45, 7) is 4.58. The summed E-state index contributed by atoms with van der Waals surface area (Å²) in [5, 5.41) is 14.8. The lowest BCUT2D eigenvalue weighted by atomic mass is 9.66. The first-order chi connectivity index (χ1) is 16.7. The highest BCUT2D eigenvalue weighted by Crippen LogP contribution is 2.45. The van der Waals surface area contributed by atoms with Gasteiger partial charge in [0.25, 0.3) is 0 Å². The molecule has 0 aliphatic heterocycles. The van der Waals surface area contributed by atoms with Crippen molar-refractivity contribution in [3.63, 3.8) is 0 Å². The van der Waals surface area contributed by atoms with E-state index in [1.54, 1.807) is 0 Å². The van der Waals surface area contributed by atoms with Crippen molar-refractivity contribution in [1.82, 2.24) is 10.6 Å². The van der Waals surface area contributed by atoms with Crippen LogP contribution in [0.15, 0.2) is 48.5 Å². The number of fused-ring (bicyclic) bond motifs is 3. The van der Waals surface area contributed by atoms with Gasteiger partial charge in [-0.25, -0.2) is 4.79 Å². The lowest BCUT2D eigenvalue weighted by molar-refractivity contribution is -0.139. The van der Waals surface area contributed by atoms with Crippen molar-refractivity contribution in [1.29, 1.82) is 0 Å². The Labute approximate surface area is 206 Å². The lowest BCUT2D eigenvalue weighted by Crippen LogP contribution is -2.46. The SMILES string of the molecule is CC(C)(CNC(=O)CC1(CNC(=O)OCC2c3ccccc3-c3ccccc32)CCC1)CC(=O)O. The van der Waals surface area contributed by atoms with Crippen LogP contribution >= 0.6 is 0 Å². The van der Waals surface area contributed by atoms with E-state index in [4.69, 9.17) is 9.84 Å².